The molecule has 0 spiro atoms. The first-order chi connectivity index (χ1) is 8.40. The number of nitrogens with one attached hydrogen (secondary N) is 1. The lowest BCUT2D eigenvalue weighted by atomic mass is 10.1. The maximum atomic E-state index is 11.3. The van der Waals surface area contributed by atoms with Gasteiger partial charge >= 0.3 is 0 Å². The number of nitrogen functional groups attached to an aromatic ring is 1. The number of hydrogen-bond donors (Lipinski definition) is 3. The van der Waals surface area contributed by atoms with Crippen molar-refractivity contribution in [3.8, 4) is 0 Å². The molecule has 0 aliphatic heterocycles. The minimum absolute atomic E-state index is 0.239. The van der Waals surface area contributed by atoms with Crippen LogP contribution >= 0.6 is 0 Å². The van der Waals surface area contributed by atoms with E-state index in [1.165, 1.54) is 0 Å². The summed E-state index contributed by atoms with van der Waals surface area (Å²) in [4.78, 5) is 19.8. The van der Waals surface area contributed by atoms with Gasteiger partial charge in [-0.3, -0.25) is 4.79 Å². The third kappa shape index (κ3) is 2.17. The highest BCUT2D eigenvalue weighted by Gasteiger charge is 2.26. The van der Waals surface area contributed by atoms with Crippen molar-refractivity contribution >= 4 is 28.6 Å². The molecule has 0 unspecified atom stereocenters. The van der Waals surface area contributed by atoms with Crippen molar-refractivity contribution in [2.75, 3.05) is 11.1 Å². The highest BCUT2D eigenvalue weighted by molar-refractivity contribution is 5.88. The Kier molecular flexibility index (Phi) is 2.78. The predicted octanol–water partition coefficient (Wildman–Crippen LogP) is 0.888. The lowest BCUT2D eigenvalue weighted by Crippen LogP contribution is -2.45. The Morgan fingerprint density at radius 3 is 2.33 bits per heavy atom. The SMILES string of the molecule is CC(C)(Nc1nc2ccccc2nc1N)C(N)=O. The van der Waals surface area contributed by atoms with Crippen molar-refractivity contribution in [1.82, 2.24) is 9.97 Å². The van der Waals surface area contributed by atoms with Crippen LogP contribution < -0.4 is 16.8 Å². The molecule has 6 nitrogen and oxygen atoms in total. The smallest absolute Gasteiger partial charge is 0.242 e. The number of para-hydroxylation sites is 2. The Morgan fingerprint density at radius 1 is 1.22 bits per heavy atom. The Morgan fingerprint density at radius 2 is 1.78 bits per heavy atom. The molecule has 94 valence electrons. The van der Waals surface area contributed by atoms with Crippen LogP contribution in [0.2, 0.25) is 0 Å². The predicted molar refractivity (Wildman–Crippen MR) is 70.8 cm³/mol. The second-order valence-corrected chi connectivity index (χ2v) is 4.56. The monoisotopic (exact) mass is 245 g/mol. The number of benzene rings is 1. The average molecular weight is 245 g/mol. The normalized spacial score (nSPS) is 11.4. The van der Waals surface area contributed by atoms with Gasteiger partial charge < -0.3 is 16.8 Å². The second kappa shape index (κ2) is 4.14. The van der Waals surface area contributed by atoms with Crippen LogP contribution in [0.3, 0.4) is 0 Å². The molecule has 1 aromatic carbocycles. The molecular weight excluding hydrogens is 230 g/mol. The van der Waals surface area contributed by atoms with Crippen LogP contribution in [0.5, 0.6) is 0 Å². The fraction of sp³-hybridized carbons (Fsp3) is 0.250. The lowest BCUT2D eigenvalue weighted by Gasteiger charge is -2.23. The van der Waals surface area contributed by atoms with E-state index in [0.29, 0.717) is 16.9 Å². The third-order valence-corrected chi connectivity index (χ3v) is 2.64. The second-order valence-electron chi connectivity index (χ2n) is 4.56. The number of carbonyl (C=O) groups excluding carboxylic acids is 1. The summed E-state index contributed by atoms with van der Waals surface area (Å²) in [6.07, 6.45) is 0. The van der Waals surface area contributed by atoms with Gasteiger partial charge in [-0.25, -0.2) is 9.97 Å². The van der Waals surface area contributed by atoms with E-state index in [9.17, 15) is 4.79 Å². The number of fused-ring (bicyclic) bond motifs is 1. The van der Waals surface area contributed by atoms with Gasteiger partial charge in [-0.1, -0.05) is 12.1 Å². The Labute approximate surface area is 104 Å². The van der Waals surface area contributed by atoms with E-state index in [4.69, 9.17) is 11.5 Å². The molecule has 1 amide bonds. The van der Waals surface area contributed by atoms with E-state index in [0.717, 1.165) is 0 Å². The topological polar surface area (TPSA) is 107 Å². The van der Waals surface area contributed by atoms with Gasteiger partial charge in [0.1, 0.15) is 5.54 Å². The fourth-order valence-electron chi connectivity index (χ4n) is 1.46. The van der Waals surface area contributed by atoms with Crippen LogP contribution in [-0.2, 0) is 4.79 Å². The molecule has 0 saturated heterocycles. The van der Waals surface area contributed by atoms with Gasteiger partial charge in [0.25, 0.3) is 0 Å². The average Bonchev–Trinajstić information content (AvgIpc) is 2.29. The Balaban J connectivity index is 2.45. The van der Waals surface area contributed by atoms with Crippen LogP contribution in [0, 0.1) is 0 Å². The van der Waals surface area contributed by atoms with E-state index in [-0.39, 0.29) is 5.82 Å². The fourth-order valence-corrected chi connectivity index (χ4v) is 1.46. The van der Waals surface area contributed by atoms with Crippen LogP contribution in [0.1, 0.15) is 13.8 Å². The van der Waals surface area contributed by atoms with Crippen molar-refractivity contribution in [2.45, 2.75) is 19.4 Å². The Hall–Kier alpha value is -2.37. The highest BCUT2D eigenvalue weighted by Crippen LogP contribution is 2.21. The molecule has 0 aliphatic carbocycles. The van der Waals surface area contributed by atoms with Crippen LogP contribution in [0.4, 0.5) is 11.6 Å². The molecule has 18 heavy (non-hydrogen) atoms. The molecule has 2 aromatic rings. The minimum atomic E-state index is -0.939. The van der Waals surface area contributed by atoms with Gasteiger partial charge in [0, 0.05) is 0 Å². The number of primary amides is 1. The number of amides is 1. The summed E-state index contributed by atoms with van der Waals surface area (Å²) >= 11 is 0. The van der Waals surface area contributed by atoms with E-state index in [1.54, 1.807) is 13.8 Å². The number of nitrogens with zero attached hydrogens (tertiary/aromatic N) is 2. The molecule has 0 aliphatic rings. The highest BCUT2D eigenvalue weighted by atomic mass is 16.1. The molecule has 1 aromatic heterocycles. The number of rotatable bonds is 3. The first-order valence-corrected chi connectivity index (χ1v) is 5.50. The first kappa shape index (κ1) is 12.1. The van der Waals surface area contributed by atoms with E-state index >= 15 is 0 Å². The molecule has 0 fully saturated rings. The van der Waals surface area contributed by atoms with Crippen LogP contribution in [0.25, 0.3) is 11.0 Å². The summed E-state index contributed by atoms with van der Waals surface area (Å²) in [5.74, 6) is 0.109. The summed E-state index contributed by atoms with van der Waals surface area (Å²) < 4.78 is 0. The molecule has 1 heterocycles. The largest absolute Gasteiger partial charge is 0.381 e. The van der Waals surface area contributed by atoms with Gasteiger partial charge in [-0.05, 0) is 26.0 Å². The van der Waals surface area contributed by atoms with E-state index in [2.05, 4.69) is 15.3 Å². The summed E-state index contributed by atoms with van der Waals surface area (Å²) in [6, 6.07) is 7.36. The quantitative estimate of drug-likeness (QED) is 0.744. The van der Waals surface area contributed by atoms with Gasteiger partial charge in [0.15, 0.2) is 11.6 Å². The first-order valence-electron chi connectivity index (χ1n) is 5.50. The molecular formula is C12H15N5O. The molecule has 0 atom stereocenters. The van der Waals surface area contributed by atoms with Crippen molar-refractivity contribution < 1.29 is 4.79 Å². The van der Waals surface area contributed by atoms with Gasteiger partial charge in [-0.15, -0.1) is 0 Å². The molecule has 2 rings (SSSR count). The number of carbonyl (C=O) groups is 1. The molecule has 6 heteroatoms. The summed E-state index contributed by atoms with van der Waals surface area (Å²) in [7, 11) is 0. The van der Waals surface area contributed by atoms with E-state index in [1.807, 2.05) is 24.3 Å². The van der Waals surface area contributed by atoms with Crippen molar-refractivity contribution in [3.63, 3.8) is 0 Å². The van der Waals surface area contributed by atoms with Gasteiger partial charge in [0.05, 0.1) is 11.0 Å². The van der Waals surface area contributed by atoms with Crippen molar-refractivity contribution in [1.29, 1.82) is 0 Å². The summed E-state index contributed by atoms with van der Waals surface area (Å²) in [5.41, 5.74) is 11.6. The van der Waals surface area contributed by atoms with Crippen LogP contribution in [-0.4, -0.2) is 21.4 Å². The number of hydrogen-bond acceptors (Lipinski definition) is 5. The molecule has 5 N–H and O–H groups in total. The van der Waals surface area contributed by atoms with Crippen LogP contribution in [0.15, 0.2) is 24.3 Å². The van der Waals surface area contributed by atoms with Crippen molar-refractivity contribution in [2.24, 2.45) is 5.73 Å². The summed E-state index contributed by atoms with van der Waals surface area (Å²) in [6.45, 7) is 3.32. The van der Waals surface area contributed by atoms with Gasteiger partial charge in [-0.2, -0.15) is 0 Å². The zero-order chi connectivity index (χ0) is 13.3. The number of anilines is 2. The number of aromatic nitrogens is 2. The maximum absolute atomic E-state index is 11.3. The minimum Gasteiger partial charge on any atom is -0.381 e. The van der Waals surface area contributed by atoms with Crippen molar-refractivity contribution in [3.05, 3.63) is 24.3 Å². The zero-order valence-corrected chi connectivity index (χ0v) is 10.3. The van der Waals surface area contributed by atoms with Gasteiger partial charge in [0.2, 0.25) is 5.91 Å². The summed E-state index contributed by atoms with van der Waals surface area (Å²) in [5, 5.41) is 2.90. The molecule has 0 bridgehead atoms. The Bertz CT molecular complexity index is 608. The third-order valence-electron chi connectivity index (χ3n) is 2.64. The van der Waals surface area contributed by atoms with E-state index < -0.39 is 11.4 Å². The zero-order valence-electron chi connectivity index (χ0n) is 10.3. The lowest BCUT2D eigenvalue weighted by molar-refractivity contribution is -0.121. The molecule has 0 saturated carbocycles. The number of nitrogens with two attached hydrogens (primary N) is 2. The standard InChI is InChI=1S/C12H15N5O/c1-12(2,11(14)18)17-10-9(13)15-7-5-3-4-6-8(7)16-10/h3-6H,1-2H3,(H2,13,15)(H2,14,18)(H,16,17). The maximum Gasteiger partial charge on any atom is 0.242 e. The molecule has 0 radical (unpaired) electrons.